The lowest BCUT2D eigenvalue weighted by Crippen LogP contribution is -2.37. The van der Waals surface area contributed by atoms with Gasteiger partial charge in [-0.15, -0.1) is 0 Å². The lowest BCUT2D eigenvalue weighted by Gasteiger charge is -2.06. The summed E-state index contributed by atoms with van der Waals surface area (Å²) in [7, 11) is 0. The van der Waals surface area contributed by atoms with Crippen LogP contribution >= 0.6 is 0 Å². The maximum atomic E-state index is 2.58. The maximum absolute atomic E-state index is 2.58. The van der Waals surface area contributed by atoms with E-state index in [4.69, 9.17) is 0 Å². The number of aromatic nitrogens is 2. The fourth-order valence-electron chi connectivity index (χ4n) is 4.38. The molecule has 0 spiro atoms. The summed E-state index contributed by atoms with van der Waals surface area (Å²) in [6, 6.07) is 0. The van der Waals surface area contributed by atoms with Gasteiger partial charge in [-0.05, 0) is 32.1 Å². The van der Waals surface area contributed by atoms with Crippen molar-refractivity contribution >= 4 is 0 Å². The van der Waals surface area contributed by atoms with E-state index in [9.17, 15) is 0 Å². The second-order valence-corrected chi connectivity index (χ2v) is 9.15. The minimum atomic E-state index is 1.21. The third-order valence-electron chi connectivity index (χ3n) is 6.35. The van der Waals surface area contributed by atoms with Crippen LogP contribution in [0.15, 0.2) is 12.4 Å². The molecule has 0 saturated heterocycles. The molecule has 1 aromatic heterocycles. The van der Waals surface area contributed by atoms with Crippen molar-refractivity contribution in [1.29, 1.82) is 0 Å². The highest BCUT2D eigenvalue weighted by Crippen LogP contribution is 2.13. The third kappa shape index (κ3) is 13.2. The number of hydrogen-bond acceptors (Lipinski definition) is 0. The molecular formula is C27H53N2+. The summed E-state index contributed by atoms with van der Waals surface area (Å²) in [4.78, 5) is 0. The molecule has 0 radical (unpaired) electrons. The second kappa shape index (κ2) is 19.2. The summed E-state index contributed by atoms with van der Waals surface area (Å²) in [6.45, 7) is 9.34. The third-order valence-corrected chi connectivity index (χ3v) is 6.35. The number of imidazole rings is 1. The normalized spacial score (nSPS) is 11.4. The quantitative estimate of drug-likeness (QED) is 0.143. The molecule has 2 heteroatoms. The van der Waals surface area contributed by atoms with E-state index in [0.29, 0.717) is 0 Å². The van der Waals surface area contributed by atoms with E-state index >= 15 is 0 Å². The van der Waals surface area contributed by atoms with Crippen molar-refractivity contribution in [2.24, 2.45) is 0 Å². The Labute approximate surface area is 183 Å². The van der Waals surface area contributed by atoms with Gasteiger partial charge in [-0.3, -0.25) is 0 Å². The van der Waals surface area contributed by atoms with Gasteiger partial charge in [0.25, 0.3) is 5.82 Å². The van der Waals surface area contributed by atoms with E-state index in [-0.39, 0.29) is 0 Å². The highest BCUT2D eigenvalue weighted by Gasteiger charge is 2.16. The van der Waals surface area contributed by atoms with Crippen molar-refractivity contribution in [1.82, 2.24) is 4.57 Å². The highest BCUT2D eigenvalue weighted by atomic mass is 15.1. The Hall–Kier alpha value is -0.790. The average molecular weight is 406 g/mol. The summed E-state index contributed by atoms with van der Waals surface area (Å²) >= 11 is 0. The summed E-state index contributed by atoms with van der Waals surface area (Å²) < 4.78 is 5.15. The van der Waals surface area contributed by atoms with Crippen LogP contribution in [-0.4, -0.2) is 4.57 Å². The van der Waals surface area contributed by atoms with E-state index in [1.165, 1.54) is 135 Å². The zero-order valence-electron chi connectivity index (χ0n) is 20.4. The second-order valence-electron chi connectivity index (χ2n) is 9.15. The molecular weight excluding hydrogens is 352 g/mol. The molecule has 2 nitrogen and oxygen atoms in total. The molecule has 0 aromatic carbocycles. The van der Waals surface area contributed by atoms with Gasteiger partial charge in [0, 0.05) is 6.42 Å². The van der Waals surface area contributed by atoms with Crippen LogP contribution in [0.1, 0.15) is 142 Å². The monoisotopic (exact) mass is 405 g/mol. The van der Waals surface area contributed by atoms with Gasteiger partial charge in [0.1, 0.15) is 12.4 Å². The lowest BCUT2D eigenvalue weighted by atomic mass is 10.1. The standard InChI is InChI=1S/C27H53N2/c1-4-7-10-12-14-15-16-17-19-22-27-28(23-20-9-6-3)25-26-29(27)24-21-18-13-11-8-5-2/h25-26H,4-24H2,1-3H3/q+1. The summed E-state index contributed by atoms with van der Waals surface area (Å²) in [5, 5.41) is 0. The zero-order valence-corrected chi connectivity index (χ0v) is 20.4. The van der Waals surface area contributed by atoms with Crippen molar-refractivity contribution in [3.05, 3.63) is 18.2 Å². The zero-order chi connectivity index (χ0) is 21.0. The van der Waals surface area contributed by atoms with Crippen LogP contribution in [0.25, 0.3) is 0 Å². The van der Waals surface area contributed by atoms with Crippen LogP contribution in [0.3, 0.4) is 0 Å². The number of nitrogens with zero attached hydrogens (tertiary/aromatic N) is 2. The van der Waals surface area contributed by atoms with Crippen LogP contribution in [0.2, 0.25) is 0 Å². The Morgan fingerprint density at radius 3 is 1.66 bits per heavy atom. The number of rotatable bonds is 21. The van der Waals surface area contributed by atoms with E-state index in [1.807, 2.05) is 0 Å². The summed E-state index contributed by atoms with van der Waals surface area (Å²) in [6.07, 6.45) is 31.1. The first-order valence-corrected chi connectivity index (χ1v) is 13.4. The Bertz CT molecular complexity index is 463. The van der Waals surface area contributed by atoms with Crippen LogP contribution < -0.4 is 4.57 Å². The van der Waals surface area contributed by atoms with Gasteiger partial charge in [0.15, 0.2) is 0 Å². The molecule has 0 amide bonds. The average Bonchev–Trinajstić information content (AvgIpc) is 3.11. The molecule has 0 saturated carbocycles. The van der Waals surface area contributed by atoms with Gasteiger partial charge >= 0.3 is 0 Å². The van der Waals surface area contributed by atoms with Gasteiger partial charge in [0.05, 0.1) is 13.1 Å². The minimum Gasteiger partial charge on any atom is -0.234 e. The Kier molecular flexibility index (Phi) is 17.4. The van der Waals surface area contributed by atoms with Gasteiger partial charge in [-0.25, -0.2) is 9.13 Å². The molecule has 0 unspecified atom stereocenters. The summed E-state index contributed by atoms with van der Waals surface area (Å²) in [5.41, 5.74) is 0. The van der Waals surface area contributed by atoms with E-state index in [1.54, 1.807) is 5.82 Å². The SMILES string of the molecule is CCCCCCCCCCCc1n(CCCCCCCC)cc[n+]1CCCCC. The fraction of sp³-hybridized carbons (Fsp3) is 0.889. The molecule has 0 N–H and O–H groups in total. The molecule has 0 aliphatic heterocycles. The predicted molar refractivity (Wildman–Crippen MR) is 128 cm³/mol. The Balaban J connectivity index is 2.35. The number of hydrogen-bond donors (Lipinski definition) is 0. The largest absolute Gasteiger partial charge is 0.256 e. The molecule has 170 valence electrons. The van der Waals surface area contributed by atoms with Gasteiger partial charge in [0.2, 0.25) is 0 Å². The van der Waals surface area contributed by atoms with E-state index < -0.39 is 0 Å². The Morgan fingerprint density at radius 1 is 0.586 bits per heavy atom. The van der Waals surface area contributed by atoms with Crippen LogP contribution in [-0.2, 0) is 19.5 Å². The molecule has 0 aliphatic carbocycles. The Morgan fingerprint density at radius 2 is 1.07 bits per heavy atom. The van der Waals surface area contributed by atoms with Gasteiger partial charge < -0.3 is 0 Å². The van der Waals surface area contributed by atoms with Gasteiger partial charge in [-0.2, -0.15) is 0 Å². The molecule has 0 atom stereocenters. The summed E-state index contributed by atoms with van der Waals surface area (Å²) in [5.74, 6) is 1.60. The number of unbranched alkanes of at least 4 members (excludes halogenated alkanes) is 15. The minimum absolute atomic E-state index is 1.21. The van der Waals surface area contributed by atoms with E-state index in [0.717, 1.165) is 0 Å². The fourth-order valence-corrected chi connectivity index (χ4v) is 4.38. The number of aryl methyl sites for hydroxylation is 2. The van der Waals surface area contributed by atoms with Gasteiger partial charge in [-0.1, -0.05) is 104 Å². The highest BCUT2D eigenvalue weighted by molar-refractivity contribution is 4.84. The van der Waals surface area contributed by atoms with E-state index in [2.05, 4.69) is 42.3 Å². The smallest absolute Gasteiger partial charge is 0.234 e. The van der Waals surface area contributed by atoms with Crippen molar-refractivity contribution < 1.29 is 4.57 Å². The molecule has 29 heavy (non-hydrogen) atoms. The molecule has 0 aliphatic rings. The predicted octanol–water partition coefficient (Wildman–Crippen LogP) is 8.40. The van der Waals surface area contributed by atoms with Crippen LogP contribution in [0, 0.1) is 0 Å². The van der Waals surface area contributed by atoms with Crippen molar-refractivity contribution in [2.75, 3.05) is 0 Å². The topological polar surface area (TPSA) is 8.81 Å². The molecule has 1 rings (SSSR count). The van der Waals surface area contributed by atoms with Crippen LogP contribution in [0.5, 0.6) is 0 Å². The first-order chi connectivity index (χ1) is 14.3. The lowest BCUT2D eigenvalue weighted by molar-refractivity contribution is -0.704. The van der Waals surface area contributed by atoms with Crippen molar-refractivity contribution in [3.8, 4) is 0 Å². The van der Waals surface area contributed by atoms with Crippen LogP contribution in [0.4, 0.5) is 0 Å². The molecule has 1 heterocycles. The van der Waals surface area contributed by atoms with Crippen molar-refractivity contribution in [3.63, 3.8) is 0 Å². The molecule has 0 fully saturated rings. The van der Waals surface area contributed by atoms with Crippen molar-refractivity contribution in [2.45, 2.75) is 156 Å². The molecule has 0 bridgehead atoms. The first-order valence-electron chi connectivity index (χ1n) is 13.4. The first kappa shape index (κ1) is 26.2. The maximum Gasteiger partial charge on any atom is 0.256 e. The molecule has 1 aromatic rings.